The smallest absolute Gasteiger partial charge is 0.238 e. The fraction of sp³-hybridized carbons (Fsp3) is 0.267. The maximum Gasteiger partial charge on any atom is 0.238 e. The standard InChI is InChI=1S/C15H15Cl3N2OS/c1-2-20(8-11-4-3-5-22-11)9-14(21)19-15-12(17)6-10(16)7-13(15)18/h3-7H,2,8-9H2,1H3,(H,19,21). The normalized spacial score (nSPS) is 11.0. The fourth-order valence-corrected chi connectivity index (χ4v) is 3.60. The van der Waals surface area contributed by atoms with Crippen LogP contribution >= 0.6 is 46.1 Å². The van der Waals surface area contributed by atoms with E-state index in [1.54, 1.807) is 23.5 Å². The van der Waals surface area contributed by atoms with E-state index in [0.29, 0.717) is 20.8 Å². The summed E-state index contributed by atoms with van der Waals surface area (Å²) in [4.78, 5) is 15.5. The van der Waals surface area contributed by atoms with E-state index < -0.39 is 0 Å². The number of amides is 1. The molecule has 1 aromatic heterocycles. The molecule has 0 aliphatic carbocycles. The van der Waals surface area contributed by atoms with Gasteiger partial charge in [0.05, 0.1) is 22.3 Å². The molecule has 0 atom stereocenters. The van der Waals surface area contributed by atoms with Crippen molar-refractivity contribution >= 4 is 57.7 Å². The Bertz CT molecular complexity index is 623. The number of carbonyl (C=O) groups is 1. The quantitative estimate of drug-likeness (QED) is 0.753. The molecule has 118 valence electrons. The SMILES string of the molecule is CCN(CC(=O)Nc1c(Cl)cc(Cl)cc1Cl)Cc1cccs1. The van der Waals surface area contributed by atoms with Crippen LogP contribution in [0, 0.1) is 0 Å². The molecule has 0 saturated carbocycles. The van der Waals surface area contributed by atoms with E-state index in [-0.39, 0.29) is 12.5 Å². The molecule has 2 aromatic rings. The molecule has 1 amide bonds. The van der Waals surface area contributed by atoms with E-state index in [9.17, 15) is 4.79 Å². The molecule has 0 saturated heterocycles. The van der Waals surface area contributed by atoms with Gasteiger partial charge in [-0.05, 0) is 30.1 Å². The van der Waals surface area contributed by atoms with Gasteiger partial charge in [-0.15, -0.1) is 11.3 Å². The van der Waals surface area contributed by atoms with Crippen LogP contribution < -0.4 is 5.32 Å². The van der Waals surface area contributed by atoms with Gasteiger partial charge in [-0.2, -0.15) is 0 Å². The minimum Gasteiger partial charge on any atom is -0.322 e. The lowest BCUT2D eigenvalue weighted by molar-refractivity contribution is -0.117. The van der Waals surface area contributed by atoms with Crippen LogP contribution in [0.5, 0.6) is 0 Å². The first-order valence-electron chi connectivity index (χ1n) is 6.68. The zero-order chi connectivity index (χ0) is 16.1. The Hall–Kier alpha value is -0.780. The number of anilines is 1. The molecule has 2 rings (SSSR count). The molecule has 1 N–H and O–H groups in total. The second-order valence-corrected chi connectivity index (χ2v) is 6.96. The summed E-state index contributed by atoms with van der Waals surface area (Å²) >= 11 is 19.7. The predicted molar refractivity (Wildman–Crippen MR) is 95.4 cm³/mol. The molecule has 3 nitrogen and oxygen atoms in total. The van der Waals surface area contributed by atoms with Gasteiger partial charge in [0.15, 0.2) is 0 Å². The Morgan fingerprint density at radius 3 is 2.50 bits per heavy atom. The van der Waals surface area contributed by atoms with Crippen LogP contribution in [0.1, 0.15) is 11.8 Å². The Kier molecular flexibility index (Phi) is 6.53. The van der Waals surface area contributed by atoms with E-state index in [2.05, 4.69) is 11.4 Å². The third-order valence-electron chi connectivity index (χ3n) is 3.05. The van der Waals surface area contributed by atoms with Crippen molar-refractivity contribution < 1.29 is 4.79 Å². The molecule has 1 heterocycles. The third kappa shape index (κ3) is 4.86. The highest BCUT2D eigenvalue weighted by Gasteiger charge is 2.14. The molecule has 0 bridgehead atoms. The van der Waals surface area contributed by atoms with Crippen molar-refractivity contribution in [1.82, 2.24) is 4.90 Å². The lowest BCUT2D eigenvalue weighted by Crippen LogP contribution is -2.32. The van der Waals surface area contributed by atoms with Crippen molar-refractivity contribution in [2.45, 2.75) is 13.5 Å². The van der Waals surface area contributed by atoms with Gasteiger partial charge >= 0.3 is 0 Å². The molecule has 22 heavy (non-hydrogen) atoms. The van der Waals surface area contributed by atoms with Crippen LogP contribution in [0.4, 0.5) is 5.69 Å². The highest BCUT2D eigenvalue weighted by atomic mass is 35.5. The molecule has 0 spiro atoms. The number of likely N-dealkylation sites (N-methyl/N-ethyl adjacent to an activating group) is 1. The maximum atomic E-state index is 12.2. The van der Waals surface area contributed by atoms with Gasteiger partial charge in [0, 0.05) is 16.4 Å². The zero-order valence-corrected chi connectivity index (χ0v) is 15.0. The number of rotatable bonds is 6. The maximum absolute atomic E-state index is 12.2. The van der Waals surface area contributed by atoms with Crippen molar-refractivity contribution in [1.29, 1.82) is 0 Å². The molecule has 0 fully saturated rings. The lowest BCUT2D eigenvalue weighted by atomic mass is 10.3. The van der Waals surface area contributed by atoms with Gasteiger partial charge < -0.3 is 5.32 Å². The lowest BCUT2D eigenvalue weighted by Gasteiger charge is -2.19. The van der Waals surface area contributed by atoms with Crippen LogP contribution in [-0.2, 0) is 11.3 Å². The predicted octanol–water partition coefficient (Wildman–Crippen LogP) is 5.17. The second-order valence-electron chi connectivity index (χ2n) is 4.68. The Balaban J connectivity index is 2.00. The summed E-state index contributed by atoms with van der Waals surface area (Å²) in [6.07, 6.45) is 0. The number of benzene rings is 1. The van der Waals surface area contributed by atoms with Crippen molar-refractivity contribution in [3.63, 3.8) is 0 Å². The summed E-state index contributed by atoms with van der Waals surface area (Å²) in [5, 5.41) is 5.86. The Morgan fingerprint density at radius 2 is 1.95 bits per heavy atom. The number of thiophene rings is 1. The summed E-state index contributed by atoms with van der Waals surface area (Å²) in [6, 6.07) is 7.15. The van der Waals surface area contributed by atoms with Crippen molar-refractivity contribution in [3.05, 3.63) is 49.6 Å². The molecule has 0 aliphatic heterocycles. The Morgan fingerprint density at radius 1 is 1.27 bits per heavy atom. The zero-order valence-electron chi connectivity index (χ0n) is 11.9. The number of nitrogens with one attached hydrogen (secondary N) is 1. The van der Waals surface area contributed by atoms with Gasteiger partial charge in [-0.1, -0.05) is 47.8 Å². The molecular weight excluding hydrogens is 363 g/mol. The van der Waals surface area contributed by atoms with Crippen LogP contribution in [-0.4, -0.2) is 23.9 Å². The summed E-state index contributed by atoms with van der Waals surface area (Å²) in [5.74, 6) is -0.162. The van der Waals surface area contributed by atoms with Crippen LogP contribution in [0.25, 0.3) is 0 Å². The van der Waals surface area contributed by atoms with E-state index >= 15 is 0 Å². The van der Waals surface area contributed by atoms with Gasteiger partial charge in [0.1, 0.15) is 0 Å². The summed E-state index contributed by atoms with van der Waals surface area (Å²) in [7, 11) is 0. The van der Waals surface area contributed by atoms with E-state index in [0.717, 1.165) is 13.1 Å². The van der Waals surface area contributed by atoms with Gasteiger partial charge in [-0.3, -0.25) is 9.69 Å². The molecule has 7 heteroatoms. The summed E-state index contributed by atoms with van der Waals surface area (Å²) < 4.78 is 0. The van der Waals surface area contributed by atoms with E-state index in [4.69, 9.17) is 34.8 Å². The highest BCUT2D eigenvalue weighted by molar-refractivity contribution is 7.09. The van der Waals surface area contributed by atoms with Crippen LogP contribution in [0.15, 0.2) is 29.6 Å². The number of carbonyl (C=O) groups excluding carboxylic acids is 1. The molecule has 0 unspecified atom stereocenters. The first kappa shape index (κ1) is 17.6. The number of hydrogen-bond donors (Lipinski definition) is 1. The van der Waals surface area contributed by atoms with E-state index in [1.165, 1.54) is 4.88 Å². The molecule has 1 aromatic carbocycles. The second kappa shape index (κ2) is 8.18. The summed E-state index contributed by atoms with van der Waals surface area (Å²) in [5.41, 5.74) is 0.393. The van der Waals surface area contributed by atoms with Gasteiger partial charge in [-0.25, -0.2) is 0 Å². The molecule has 0 aliphatic rings. The minimum absolute atomic E-state index is 0.162. The highest BCUT2D eigenvalue weighted by Crippen LogP contribution is 2.33. The fourth-order valence-electron chi connectivity index (χ4n) is 1.95. The average Bonchev–Trinajstić information content (AvgIpc) is 2.95. The Labute approximate surface area is 148 Å². The van der Waals surface area contributed by atoms with Crippen molar-refractivity contribution in [3.8, 4) is 0 Å². The molecule has 0 radical (unpaired) electrons. The monoisotopic (exact) mass is 376 g/mol. The van der Waals surface area contributed by atoms with Gasteiger partial charge in [0.2, 0.25) is 5.91 Å². The topological polar surface area (TPSA) is 32.3 Å². The first-order chi connectivity index (χ1) is 10.5. The van der Waals surface area contributed by atoms with Gasteiger partial charge in [0.25, 0.3) is 0 Å². The average molecular weight is 378 g/mol. The third-order valence-corrected chi connectivity index (χ3v) is 4.72. The molecular formula is C15H15Cl3N2OS. The number of hydrogen-bond acceptors (Lipinski definition) is 3. The van der Waals surface area contributed by atoms with Crippen LogP contribution in [0.2, 0.25) is 15.1 Å². The number of halogens is 3. The van der Waals surface area contributed by atoms with E-state index in [1.807, 2.05) is 23.3 Å². The van der Waals surface area contributed by atoms with Crippen molar-refractivity contribution in [2.24, 2.45) is 0 Å². The number of nitrogens with zero attached hydrogens (tertiary/aromatic N) is 1. The summed E-state index contributed by atoms with van der Waals surface area (Å²) in [6.45, 7) is 3.80. The largest absolute Gasteiger partial charge is 0.322 e. The first-order valence-corrected chi connectivity index (χ1v) is 8.70. The van der Waals surface area contributed by atoms with Crippen LogP contribution in [0.3, 0.4) is 0 Å². The minimum atomic E-state index is -0.162. The van der Waals surface area contributed by atoms with Crippen molar-refractivity contribution in [2.75, 3.05) is 18.4 Å².